The van der Waals surface area contributed by atoms with Gasteiger partial charge in [0.05, 0.1) is 18.4 Å². The van der Waals surface area contributed by atoms with Crippen molar-refractivity contribution in [2.45, 2.75) is 18.8 Å². The minimum atomic E-state index is -0.486. The molecule has 0 aromatic heterocycles. The highest BCUT2D eigenvalue weighted by Gasteiger charge is 2.27. The van der Waals surface area contributed by atoms with E-state index in [-0.39, 0.29) is 12.4 Å². The molecule has 0 unspecified atom stereocenters. The first-order valence-electron chi connectivity index (χ1n) is 8.39. The van der Waals surface area contributed by atoms with Crippen molar-refractivity contribution in [3.8, 4) is 0 Å². The fourth-order valence-electron chi connectivity index (χ4n) is 2.80. The molecule has 0 radical (unpaired) electrons. The van der Waals surface area contributed by atoms with Gasteiger partial charge in [-0.05, 0) is 23.6 Å². The molecule has 2 nitrogen and oxygen atoms in total. The van der Waals surface area contributed by atoms with Gasteiger partial charge in [-0.1, -0.05) is 85.5 Å². The summed E-state index contributed by atoms with van der Waals surface area (Å²) in [5.74, 6) is -0.263. The molecule has 0 atom stereocenters. The molecule has 0 spiro atoms. The Balaban J connectivity index is 2.39. The van der Waals surface area contributed by atoms with Crippen LogP contribution in [0.2, 0.25) is 0 Å². The van der Waals surface area contributed by atoms with Crippen LogP contribution in [0.5, 0.6) is 0 Å². The summed E-state index contributed by atoms with van der Waals surface area (Å²) in [5, 5.41) is 0. The van der Waals surface area contributed by atoms with Gasteiger partial charge in [-0.3, -0.25) is 4.79 Å². The third kappa shape index (κ3) is 4.57. The average molecular weight is 332 g/mol. The van der Waals surface area contributed by atoms with Gasteiger partial charge in [-0.25, -0.2) is 0 Å². The molecule has 25 heavy (non-hydrogen) atoms. The largest absolute Gasteiger partial charge is 0.466 e. The molecule has 2 rings (SSSR count). The van der Waals surface area contributed by atoms with Gasteiger partial charge in [-0.15, -0.1) is 6.58 Å². The molecule has 0 bridgehead atoms. The topological polar surface area (TPSA) is 26.3 Å². The lowest BCUT2D eigenvalue weighted by molar-refractivity contribution is -0.142. The first-order valence-corrected chi connectivity index (χ1v) is 8.39. The Kier molecular flexibility index (Phi) is 6.53. The quantitative estimate of drug-likeness (QED) is 0.376. The summed E-state index contributed by atoms with van der Waals surface area (Å²) < 4.78 is 4.99. The van der Waals surface area contributed by atoms with E-state index in [0.29, 0.717) is 12.2 Å². The third-order valence-corrected chi connectivity index (χ3v) is 4.08. The second-order valence-electron chi connectivity index (χ2n) is 5.78. The molecule has 128 valence electrons. The van der Waals surface area contributed by atoms with Gasteiger partial charge in [-0.2, -0.15) is 0 Å². The van der Waals surface area contributed by atoms with Gasteiger partial charge < -0.3 is 4.74 Å². The highest BCUT2D eigenvalue weighted by atomic mass is 16.5. The number of ether oxygens (including phenoxy) is 1. The number of allylic oxidation sites excluding steroid dienone is 3. The first-order chi connectivity index (χ1) is 12.1. The van der Waals surface area contributed by atoms with Crippen molar-refractivity contribution in [1.82, 2.24) is 0 Å². The van der Waals surface area contributed by atoms with Gasteiger partial charge in [0.1, 0.15) is 0 Å². The maximum atomic E-state index is 11.7. The lowest BCUT2D eigenvalue weighted by Gasteiger charge is -2.29. The maximum Gasteiger partial charge on any atom is 0.310 e. The van der Waals surface area contributed by atoms with E-state index in [1.807, 2.05) is 54.6 Å². The van der Waals surface area contributed by atoms with Gasteiger partial charge in [0.15, 0.2) is 0 Å². The summed E-state index contributed by atoms with van der Waals surface area (Å²) in [6.45, 7) is 10.2. The second-order valence-corrected chi connectivity index (χ2v) is 5.78. The first kappa shape index (κ1) is 18.5. The van der Waals surface area contributed by atoms with Crippen LogP contribution in [-0.2, 0) is 14.9 Å². The van der Waals surface area contributed by atoms with Gasteiger partial charge in [0.2, 0.25) is 0 Å². The van der Waals surface area contributed by atoms with Crippen molar-refractivity contribution in [2.75, 3.05) is 6.61 Å². The average Bonchev–Trinajstić information content (AvgIpc) is 2.64. The van der Waals surface area contributed by atoms with Crippen LogP contribution in [0.15, 0.2) is 97.6 Å². The van der Waals surface area contributed by atoms with Crippen LogP contribution in [0.3, 0.4) is 0 Å². The molecule has 0 N–H and O–H groups in total. The zero-order chi connectivity index (χ0) is 18.1. The van der Waals surface area contributed by atoms with E-state index in [1.165, 1.54) is 0 Å². The van der Waals surface area contributed by atoms with Crippen LogP contribution in [0.4, 0.5) is 0 Å². The number of esters is 1. The molecule has 0 amide bonds. The van der Waals surface area contributed by atoms with Crippen molar-refractivity contribution in [2.24, 2.45) is 0 Å². The minimum Gasteiger partial charge on any atom is -0.466 e. The van der Waals surface area contributed by atoms with Crippen LogP contribution in [0.25, 0.3) is 0 Å². The summed E-state index contributed by atoms with van der Waals surface area (Å²) >= 11 is 0. The Morgan fingerprint density at radius 3 is 2.00 bits per heavy atom. The molecular weight excluding hydrogens is 308 g/mol. The Labute approximate surface area is 150 Å². The second kappa shape index (κ2) is 8.84. The summed E-state index contributed by atoms with van der Waals surface area (Å²) in [5.41, 5.74) is 2.43. The molecule has 0 saturated heterocycles. The standard InChI is InChI=1S/C23H24O2/c1-4-23(20-12-8-6-9-13-20,21-14-10-7-11-15-21)17-16-19(3)18-22(24)25-5-2/h4,6-17H,1,3,5,18H2,2H3/b17-16+. The van der Waals surface area contributed by atoms with Crippen LogP contribution < -0.4 is 0 Å². The van der Waals surface area contributed by atoms with E-state index in [1.54, 1.807) is 6.92 Å². The Morgan fingerprint density at radius 1 is 1.04 bits per heavy atom. The molecular formula is C23H24O2. The van der Waals surface area contributed by atoms with E-state index in [4.69, 9.17) is 4.74 Å². The van der Waals surface area contributed by atoms with Crippen molar-refractivity contribution in [3.63, 3.8) is 0 Å². The van der Waals surface area contributed by atoms with E-state index in [2.05, 4.69) is 37.4 Å². The molecule has 0 aliphatic carbocycles. The molecule has 0 fully saturated rings. The SMILES string of the molecule is C=CC(/C=C/C(=C)CC(=O)OCC)(c1ccccc1)c1ccccc1. The fraction of sp³-hybridized carbons (Fsp3) is 0.174. The fourth-order valence-corrected chi connectivity index (χ4v) is 2.80. The van der Waals surface area contributed by atoms with Crippen LogP contribution in [0.1, 0.15) is 24.5 Å². The molecule has 2 heteroatoms. The predicted octanol–water partition coefficient (Wildman–Crippen LogP) is 5.22. The smallest absolute Gasteiger partial charge is 0.310 e. The van der Waals surface area contributed by atoms with Gasteiger partial charge >= 0.3 is 5.97 Å². The third-order valence-electron chi connectivity index (χ3n) is 4.08. The van der Waals surface area contributed by atoms with E-state index >= 15 is 0 Å². The van der Waals surface area contributed by atoms with E-state index in [0.717, 1.165) is 11.1 Å². The van der Waals surface area contributed by atoms with Gasteiger partial charge in [0, 0.05) is 0 Å². The molecule has 2 aromatic rings. The van der Waals surface area contributed by atoms with Crippen LogP contribution in [-0.4, -0.2) is 12.6 Å². The summed E-state index contributed by atoms with van der Waals surface area (Å²) in [4.78, 5) is 11.7. The normalized spacial score (nSPS) is 11.2. The minimum absolute atomic E-state index is 0.182. The maximum absolute atomic E-state index is 11.7. The molecule has 0 aliphatic heterocycles. The van der Waals surface area contributed by atoms with Crippen LogP contribution >= 0.6 is 0 Å². The monoisotopic (exact) mass is 332 g/mol. The number of hydrogen-bond acceptors (Lipinski definition) is 2. The zero-order valence-electron chi connectivity index (χ0n) is 14.7. The number of benzene rings is 2. The Bertz CT molecular complexity index is 703. The molecule has 0 aliphatic rings. The van der Waals surface area contributed by atoms with E-state index in [9.17, 15) is 4.79 Å². The zero-order valence-corrected chi connectivity index (χ0v) is 14.7. The Hall–Kier alpha value is -2.87. The van der Waals surface area contributed by atoms with Crippen molar-refractivity contribution >= 4 is 5.97 Å². The highest BCUT2D eigenvalue weighted by molar-refractivity contribution is 5.73. The predicted molar refractivity (Wildman–Crippen MR) is 103 cm³/mol. The Morgan fingerprint density at radius 2 is 1.56 bits per heavy atom. The summed E-state index contributed by atoms with van der Waals surface area (Å²) in [6.07, 6.45) is 6.04. The van der Waals surface area contributed by atoms with Crippen LogP contribution in [0, 0.1) is 0 Å². The number of rotatable bonds is 8. The molecule has 0 heterocycles. The lowest BCUT2D eigenvalue weighted by Crippen LogP contribution is -2.22. The summed E-state index contributed by atoms with van der Waals surface area (Å²) in [7, 11) is 0. The number of carbonyl (C=O) groups is 1. The molecule has 0 saturated carbocycles. The summed E-state index contributed by atoms with van der Waals surface area (Å²) in [6, 6.07) is 20.3. The van der Waals surface area contributed by atoms with Gasteiger partial charge in [0.25, 0.3) is 0 Å². The lowest BCUT2D eigenvalue weighted by atomic mass is 9.74. The molecule has 2 aromatic carbocycles. The highest BCUT2D eigenvalue weighted by Crippen LogP contribution is 2.35. The number of hydrogen-bond donors (Lipinski definition) is 0. The van der Waals surface area contributed by atoms with Crippen molar-refractivity contribution in [1.29, 1.82) is 0 Å². The van der Waals surface area contributed by atoms with Crippen molar-refractivity contribution < 1.29 is 9.53 Å². The van der Waals surface area contributed by atoms with E-state index < -0.39 is 5.41 Å². The van der Waals surface area contributed by atoms with Crippen molar-refractivity contribution in [3.05, 3.63) is 109 Å². The number of carbonyl (C=O) groups excluding carboxylic acids is 1.